The Morgan fingerprint density at radius 1 is 0.500 bits per heavy atom. The molecule has 0 saturated carbocycles. The number of para-hydroxylation sites is 2. The van der Waals surface area contributed by atoms with Crippen LogP contribution < -0.4 is 0 Å². The minimum atomic E-state index is 0.914. The van der Waals surface area contributed by atoms with Gasteiger partial charge in [0.25, 0.3) is 0 Å². The van der Waals surface area contributed by atoms with Gasteiger partial charge in [-0.2, -0.15) is 15.4 Å². The SMILES string of the molecule is c1cc2[nH]ccc2cn1.c1cc2cc[nH]c2cn1.c1ccc2n[nH]nc2c1.c1cnc2[nH]ccc2c1. The fourth-order valence-corrected chi connectivity index (χ4v) is 3.45. The molecule has 8 aromatic rings. The van der Waals surface area contributed by atoms with E-state index in [0.717, 1.165) is 38.5 Å². The summed E-state index contributed by atoms with van der Waals surface area (Å²) in [6, 6.07) is 21.6. The summed E-state index contributed by atoms with van der Waals surface area (Å²) < 4.78 is 0. The van der Waals surface area contributed by atoms with E-state index in [2.05, 4.69) is 45.3 Å². The second kappa shape index (κ2) is 11.2. The monoisotopic (exact) mass is 473 g/mol. The van der Waals surface area contributed by atoms with Crippen LogP contribution in [0.25, 0.3) is 43.9 Å². The first-order chi connectivity index (χ1) is 17.9. The van der Waals surface area contributed by atoms with Gasteiger partial charge in [0, 0.05) is 65.1 Å². The van der Waals surface area contributed by atoms with E-state index in [9.17, 15) is 0 Å². The van der Waals surface area contributed by atoms with Gasteiger partial charge < -0.3 is 15.0 Å². The van der Waals surface area contributed by atoms with Gasteiger partial charge in [0.15, 0.2) is 0 Å². The second-order valence-electron chi connectivity index (χ2n) is 7.61. The van der Waals surface area contributed by atoms with E-state index < -0.39 is 0 Å². The summed E-state index contributed by atoms with van der Waals surface area (Å²) in [7, 11) is 0. The Balaban J connectivity index is 0.0000000988. The van der Waals surface area contributed by atoms with Crippen LogP contribution in [0.1, 0.15) is 0 Å². The highest BCUT2D eigenvalue weighted by atomic mass is 15.3. The molecule has 1 aromatic carbocycles. The third kappa shape index (κ3) is 5.60. The number of benzene rings is 1. The quantitative estimate of drug-likeness (QED) is 0.226. The molecule has 176 valence electrons. The molecule has 0 spiro atoms. The van der Waals surface area contributed by atoms with E-state index in [4.69, 9.17) is 0 Å². The highest BCUT2D eigenvalue weighted by Gasteiger charge is 1.91. The molecular weight excluding hydrogens is 450 g/mol. The molecule has 0 atom stereocenters. The molecule has 0 radical (unpaired) electrons. The fourth-order valence-electron chi connectivity index (χ4n) is 3.45. The standard InChI is InChI=1S/3C7H6N2.C6H5N3/c1-4-9-7-2-3-8-5-6(1)7;1-3-8-5-7-6(1)2-4-9-7;1-2-6-3-5-9-7(6)8-4-1;1-2-4-6-5(3-1)7-9-8-6/h2*1-5,9H;1-5H,(H,8,9);1-4H,(H,7,8,9). The van der Waals surface area contributed by atoms with Crippen molar-refractivity contribution in [1.29, 1.82) is 0 Å². The van der Waals surface area contributed by atoms with Crippen LogP contribution >= 0.6 is 0 Å². The van der Waals surface area contributed by atoms with Crippen molar-refractivity contribution in [1.82, 2.24) is 45.3 Å². The summed E-state index contributed by atoms with van der Waals surface area (Å²) in [5, 5.41) is 13.8. The molecule has 9 nitrogen and oxygen atoms in total. The first-order valence-corrected chi connectivity index (χ1v) is 11.2. The summed E-state index contributed by atoms with van der Waals surface area (Å²) in [6.07, 6.45) is 14.7. The topological polar surface area (TPSA) is 128 Å². The van der Waals surface area contributed by atoms with Crippen molar-refractivity contribution in [2.45, 2.75) is 0 Å². The van der Waals surface area contributed by atoms with Gasteiger partial charge in [0.1, 0.15) is 16.7 Å². The first kappa shape index (κ1) is 22.5. The zero-order chi connectivity index (χ0) is 24.4. The molecule has 7 heterocycles. The molecule has 9 heteroatoms. The number of nitrogens with zero attached hydrogens (tertiary/aromatic N) is 5. The summed E-state index contributed by atoms with van der Waals surface area (Å²) in [4.78, 5) is 21.1. The largest absolute Gasteiger partial charge is 0.361 e. The molecule has 4 N–H and O–H groups in total. The van der Waals surface area contributed by atoms with Crippen LogP contribution in [0, 0.1) is 0 Å². The zero-order valence-electron chi connectivity index (χ0n) is 19.2. The normalized spacial score (nSPS) is 10.2. The third-order valence-corrected chi connectivity index (χ3v) is 5.25. The van der Waals surface area contributed by atoms with Crippen LogP contribution in [0.2, 0.25) is 0 Å². The summed E-state index contributed by atoms with van der Waals surface area (Å²) in [5.41, 5.74) is 5.02. The summed E-state index contributed by atoms with van der Waals surface area (Å²) in [5.74, 6) is 0. The minimum Gasteiger partial charge on any atom is -0.361 e. The van der Waals surface area contributed by atoms with Crippen LogP contribution in [-0.2, 0) is 0 Å². The van der Waals surface area contributed by atoms with Crippen molar-refractivity contribution in [3.05, 3.63) is 116 Å². The number of aromatic nitrogens is 9. The van der Waals surface area contributed by atoms with E-state index >= 15 is 0 Å². The van der Waals surface area contributed by atoms with Crippen LogP contribution in [0.3, 0.4) is 0 Å². The molecular formula is C27H23N9. The van der Waals surface area contributed by atoms with E-state index in [1.165, 1.54) is 5.39 Å². The number of hydrogen-bond acceptors (Lipinski definition) is 5. The predicted molar refractivity (Wildman–Crippen MR) is 142 cm³/mol. The van der Waals surface area contributed by atoms with Gasteiger partial charge in [-0.1, -0.05) is 12.1 Å². The van der Waals surface area contributed by atoms with Gasteiger partial charge in [-0.25, -0.2) is 4.98 Å². The smallest absolute Gasteiger partial charge is 0.137 e. The highest BCUT2D eigenvalue weighted by Crippen LogP contribution is 2.08. The number of pyridine rings is 3. The van der Waals surface area contributed by atoms with Gasteiger partial charge in [-0.15, -0.1) is 0 Å². The van der Waals surface area contributed by atoms with Gasteiger partial charge >= 0.3 is 0 Å². The zero-order valence-corrected chi connectivity index (χ0v) is 19.2. The Morgan fingerprint density at radius 3 is 1.97 bits per heavy atom. The van der Waals surface area contributed by atoms with Crippen LogP contribution in [0.4, 0.5) is 0 Å². The van der Waals surface area contributed by atoms with Crippen molar-refractivity contribution in [3.8, 4) is 0 Å². The minimum absolute atomic E-state index is 0.914. The number of aromatic amines is 4. The highest BCUT2D eigenvalue weighted by molar-refractivity contribution is 5.78. The van der Waals surface area contributed by atoms with Gasteiger partial charge in [-0.05, 0) is 54.6 Å². The molecule has 0 aliphatic carbocycles. The molecule has 0 aliphatic rings. The lowest BCUT2D eigenvalue weighted by Crippen LogP contribution is -1.70. The van der Waals surface area contributed by atoms with Crippen molar-refractivity contribution < 1.29 is 0 Å². The number of hydrogen-bond donors (Lipinski definition) is 4. The molecule has 0 aliphatic heterocycles. The molecule has 0 saturated heterocycles. The Hall–Kier alpha value is -5.31. The Morgan fingerprint density at radius 2 is 1.19 bits per heavy atom. The number of H-pyrrole nitrogens is 4. The molecule has 0 amide bonds. The maximum atomic E-state index is 4.09. The molecule has 36 heavy (non-hydrogen) atoms. The number of fused-ring (bicyclic) bond motifs is 4. The lowest BCUT2D eigenvalue weighted by atomic mass is 10.3. The Labute approximate surface area is 205 Å². The summed E-state index contributed by atoms with van der Waals surface area (Å²) in [6.45, 7) is 0. The molecule has 0 bridgehead atoms. The van der Waals surface area contributed by atoms with E-state index in [1.54, 1.807) is 18.6 Å². The lowest BCUT2D eigenvalue weighted by molar-refractivity contribution is 0.959. The predicted octanol–water partition coefficient (Wildman–Crippen LogP) is 5.65. The van der Waals surface area contributed by atoms with E-state index in [-0.39, 0.29) is 0 Å². The number of rotatable bonds is 0. The maximum absolute atomic E-state index is 4.09. The molecule has 0 unspecified atom stereocenters. The van der Waals surface area contributed by atoms with Gasteiger partial charge in [0.05, 0.1) is 11.7 Å². The third-order valence-electron chi connectivity index (χ3n) is 5.25. The number of nitrogens with one attached hydrogen (secondary N) is 4. The van der Waals surface area contributed by atoms with Crippen molar-refractivity contribution in [2.75, 3.05) is 0 Å². The van der Waals surface area contributed by atoms with Crippen LogP contribution in [0.5, 0.6) is 0 Å². The second-order valence-corrected chi connectivity index (χ2v) is 7.61. The van der Waals surface area contributed by atoms with Gasteiger partial charge in [0.2, 0.25) is 0 Å². The average molecular weight is 474 g/mol. The molecule has 7 aromatic heterocycles. The summed E-state index contributed by atoms with van der Waals surface area (Å²) >= 11 is 0. The van der Waals surface area contributed by atoms with Crippen molar-refractivity contribution in [2.24, 2.45) is 0 Å². The average Bonchev–Trinajstić information content (AvgIpc) is 3.76. The van der Waals surface area contributed by atoms with Crippen molar-refractivity contribution in [3.63, 3.8) is 0 Å². The molecule has 8 rings (SSSR count). The fraction of sp³-hybridized carbons (Fsp3) is 0. The first-order valence-electron chi connectivity index (χ1n) is 11.2. The Kier molecular flexibility index (Phi) is 7.00. The maximum Gasteiger partial charge on any atom is 0.137 e. The molecule has 0 fully saturated rings. The lowest BCUT2D eigenvalue weighted by Gasteiger charge is -1.82. The van der Waals surface area contributed by atoms with Crippen LogP contribution in [0.15, 0.2) is 116 Å². The Bertz CT molecular complexity index is 1390. The van der Waals surface area contributed by atoms with E-state index in [0.29, 0.717) is 0 Å². The van der Waals surface area contributed by atoms with E-state index in [1.807, 2.05) is 97.7 Å². The van der Waals surface area contributed by atoms with Crippen LogP contribution in [-0.4, -0.2) is 45.3 Å². The van der Waals surface area contributed by atoms with Crippen molar-refractivity contribution >= 4 is 43.9 Å². The van der Waals surface area contributed by atoms with Gasteiger partial charge in [-0.3, -0.25) is 9.97 Å².